The predicted octanol–water partition coefficient (Wildman–Crippen LogP) is 4.86. The molecule has 1 amide bonds. The predicted molar refractivity (Wildman–Crippen MR) is 103 cm³/mol. The zero-order chi connectivity index (χ0) is 20.7. The summed E-state index contributed by atoms with van der Waals surface area (Å²) in [7, 11) is 3.08. The van der Waals surface area contributed by atoms with Gasteiger partial charge in [-0.15, -0.1) is 11.8 Å². The molecule has 0 heterocycles. The number of amides is 1. The first-order chi connectivity index (χ1) is 13.3. The fraction of sp³-hybridized carbons (Fsp3) is 0.350. The molecule has 8 heteroatoms. The van der Waals surface area contributed by atoms with E-state index in [0.717, 1.165) is 29.5 Å². The van der Waals surface area contributed by atoms with E-state index in [1.54, 1.807) is 30.2 Å². The van der Waals surface area contributed by atoms with Gasteiger partial charge in [-0.05, 0) is 42.8 Å². The van der Waals surface area contributed by atoms with E-state index in [1.165, 1.54) is 13.2 Å². The lowest BCUT2D eigenvalue weighted by Gasteiger charge is -2.21. The number of thioether (sulfide) groups is 1. The molecule has 0 aliphatic heterocycles. The van der Waals surface area contributed by atoms with E-state index < -0.39 is 11.7 Å². The van der Waals surface area contributed by atoms with Crippen LogP contribution in [0.2, 0.25) is 0 Å². The van der Waals surface area contributed by atoms with Crippen LogP contribution in [0.15, 0.2) is 47.4 Å². The first kappa shape index (κ1) is 21.9. The Balaban J connectivity index is 2.02. The number of hydrogen-bond acceptors (Lipinski definition) is 4. The summed E-state index contributed by atoms with van der Waals surface area (Å²) in [4.78, 5) is 14.6. The van der Waals surface area contributed by atoms with Gasteiger partial charge in [0.25, 0.3) is 0 Å². The van der Waals surface area contributed by atoms with Gasteiger partial charge >= 0.3 is 6.18 Å². The van der Waals surface area contributed by atoms with Crippen LogP contribution in [0.1, 0.15) is 18.1 Å². The van der Waals surface area contributed by atoms with Crippen LogP contribution in [0.5, 0.6) is 11.5 Å². The lowest BCUT2D eigenvalue weighted by atomic mass is 10.2. The van der Waals surface area contributed by atoms with Crippen LogP contribution in [0.3, 0.4) is 0 Å². The summed E-state index contributed by atoms with van der Waals surface area (Å²) in [6.07, 6.45) is -4.40. The first-order valence-electron chi connectivity index (χ1n) is 8.57. The van der Waals surface area contributed by atoms with Crippen LogP contribution >= 0.6 is 11.8 Å². The molecule has 0 atom stereocenters. The molecule has 0 bridgehead atoms. The van der Waals surface area contributed by atoms with Gasteiger partial charge in [0.1, 0.15) is 0 Å². The third-order valence-corrected chi connectivity index (χ3v) is 5.06. The number of nitrogens with zero attached hydrogens (tertiary/aromatic N) is 1. The van der Waals surface area contributed by atoms with E-state index in [4.69, 9.17) is 9.47 Å². The monoisotopic (exact) mass is 413 g/mol. The zero-order valence-corrected chi connectivity index (χ0v) is 16.7. The van der Waals surface area contributed by atoms with E-state index in [2.05, 4.69) is 0 Å². The lowest BCUT2D eigenvalue weighted by Crippen LogP contribution is -2.31. The maximum Gasteiger partial charge on any atom is 0.416 e. The molecule has 0 aliphatic carbocycles. The fourth-order valence-corrected chi connectivity index (χ4v) is 3.43. The highest BCUT2D eigenvalue weighted by Gasteiger charge is 2.30. The second kappa shape index (κ2) is 9.73. The number of hydrogen-bond donors (Lipinski definition) is 0. The van der Waals surface area contributed by atoms with Crippen molar-refractivity contribution >= 4 is 17.7 Å². The molecule has 4 nitrogen and oxygen atoms in total. The van der Waals surface area contributed by atoms with Gasteiger partial charge in [-0.25, -0.2) is 0 Å². The molecule has 0 N–H and O–H groups in total. The minimum absolute atomic E-state index is 0.0580. The molecule has 152 valence electrons. The average molecular weight is 413 g/mol. The van der Waals surface area contributed by atoms with E-state index in [9.17, 15) is 18.0 Å². The van der Waals surface area contributed by atoms with Crippen molar-refractivity contribution in [3.8, 4) is 11.5 Å². The van der Waals surface area contributed by atoms with E-state index in [1.807, 2.05) is 13.0 Å². The molecule has 0 aliphatic rings. The molecule has 0 spiro atoms. The van der Waals surface area contributed by atoms with E-state index in [0.29, 0.717) is 29.5 Å². The topological polar surface area (TPSA) is 38.8 Å². The minimum atomic E-state index is -4.40. The lowest BCUT2D eigenvalue weighted by molar-refractivity contribution is -0.137. The van der Waals surface area contributed by atoms with Gasteiger partial charge < -0.3 is 14.4 Å². The Kier molecular flexibility index (Phi) is 7.62. The smallest absolute Gasteiger partial charge is 0.416 e. The Bertz CT molecular complexity index is 812. The summed E-state index contributed by atoms with van der Waals surface area (Å²) >= 11 is 1.09. The normalized spacial score (nSPS) is 11.2. The molecule has 28 heavy (non-hydrogen) atoms. The molecule has 0 aromatic heterocycles. The summed E-state index contributed by atoms with van der Waals surface area (Å²) in [6.45, 7) is 2.71. The van der Waals surface area contributed by atoms with Gasteiger partial charge in [0.15, 0.2) is 11.5 Å². The zero-order valence-electron chi connectivity index (χ0n) is 15.9. The SMILES string of the molecule is CCN(Cc1ccc(OC)c(OC)c1)C(=O)CSc1cccc(C(F)(F)F)c1. The van der Waals surface area contributed by atoms with Crippen LogP contribution in [-0.2, 0) is 17.5 Å². The van der Waals surface area contributed by atoms with Crippen molar-refractivity contribution in [2.45, 2.75) is 24.5 Å². The molecule has 0 saturated heterocycles. The molecule has 0 fully saturated rings. The highest BCUT2D eigenvalue weighted by Crippen LogP contribution is 2.32. The van der Waals surface area contributed by atoms with Crippen LogP contribution in [0, 0.1) is 0 Å². The standard InChI is InChI=1S/C20H22F3NO3S/c1-4-24(12-14-8-9-17(26-2)18(10-14)27-3)19(25)13-28-16-7-5-6-15(11-16)20(21,22)23/h5-11H,4,12-13H2,1-3H3. The Morgan fingerprint density at radius 3 is 2.39 bits per heavy atom. The van der Waals surface area contributed by atoms with E-state index >= 15 is 0 Å². The number of rotatable bonds is 8. The molecule has 0 saturated carbocycles. The van der Waals surface area contributed by atoms with Crippen LogP contribution in [0.25, 0.3) is 0 Å². The molecule has 0 radical (unpaired) electrons. The summed E-state index contributed by atoms with van der Waals surface area (Å²) < 4.78 is 48.9. The summed E-state index contributed by atoms with van der Waals surface area (Å²) in [5.41, 5.74) is 0.152. The first-order valence-corrected chi connectivity index (χ1v) is 9.55. The van der Waals surface area contributed by atoms with Gasteiger partial charge in [-0.3, -0.25) is 4.79 Å². The van der Waals surface area contributed by atoms with Crippen LogP contribution in [-0.4, -0.2) is 37.3 Å². The quantitative estimate of drug-likeness (QED) is 0.579. The third kappa shape index (κ3) is 5.82. The number of benzene rings is 2. The summed E-state index contributed by atoms with van der Waals surface area (Å²) in [5, 5.41) is 0. The van der Waals surface area contributed by atoms with E-state index in [-0.39, 0.29) is 11.7 Å². The number of methoxy groups -OCH3 is 2. The van der Waals surface area contributed by atoms with Crippen molar-refractivity contribution in [2.24, 2.45) is 0 Å². The fourth-order valence-electron chi connectivity index (χ4n) is 2.57. The maximum atomic E-state index is 12.8. The third-order valence-electron chi connectivity index (χ3n) is 4.08. The highest BCUT2D eigenvalue weighted by atomic mass is 32.2. The number of carbonyl (C=O) groups is 1. The van der Waals surface area contributed by atoms with Crippen molar-refractivity contribution in [1.82, 2.24) is 4.90 Å². The molecule has 2 aromatic rings. The molecule has 2 rings (SSSR count). The van der Waals surface area contributed by atoms with Crippen LogP contribution in [0.4, 0.5) is 13.2 Å². The van der Waals surface area contributed by atoms with Crippen molar-refractivity contribution in [3.63, 3.8) is 0 Å². The van der Waals surface area contributed by atoms with Gasteiger partial charge in [0, 0.05) is 18.0 Å². The van der Waals surface area contributed by atoms with Gasteiger partial charge in [0.2, 0.25) is 5.91 Å². The second-order valence-corrected chi connectivity index (χ2v) is 6.96. The number of ether oxygens (including phenoxy) is 2. The van der Waals surface area contributed by atoms with Crippen molar-refractivity contribution in [1.29, 1.82) is 0 Å². The molecular weight excluding hydrogens is 391 g/mol. The van der Waals surface area contributed by atoms with Crippen molar-refractivity contribution in [3.05, 3.63) is 53.6 Å². The van der Waals surface area contributed by atoms with Crippen LogP contribution < -0.4 is 9.47 Å². The number of alkyl halides is 3. The Morgan fingerprint density at radius 1 is 1.07 bits per heavy atom. The Morgan fingerprint density at radius 2 is 1.79 bits per heavy atom. The largest absolute Gasteiger partial charge is 0.493 e. The molecular formula is C20H22F3NO3S. The Hall–Kier alpha value is -2.35. The van der Waals surface area contributed by atoms with Crippen molar-refractivity contribution in [2.75, 3.05) is 26.5 Å². The van der Waals surface area contributed by atoms with Gasteiger partial charge in [-0.1, -0.05) is 12.1 Å². The van der Waals surface area contributed by atoms with Crippen molar-refractivity contribution < 1.29 is 27.4 Å². The average Bonchev–Trinajstić information content (AvgIpc) is 2.69. The maximum absolute atomic E-state index is 12.8. The molecule has 0 unspecified atom stereocenters. The highest BCUT2D eigenvalue weighted by molar-refractivity contribution is 8.00. The minimum Gasteiger partial charge on any atom is -0.493 e. The number of halogens is 3. The molecule has 2 aromatic carbocycles. The van der Waals surface area contributed by atoms with Gasteiger partial charge in [0.05, 0.1) is 25.5 Å². The summed E-state index contributed by atoms with van der Waals surface area (Å²) in [5.74, 6) is 1.07. The second-order valence-electron chi connectivity index (χ2n) is 5.91. The number of carbonyl (C=O) groups excluding carboxylic acids is 1. The summed E-state index contributed by atoms with van der Waals surface area (Å²) in [6, 6.07) is 10.4. The van der Waals surface area contributed by atoms with Gasteiger partial charge in [-0.2, -0.15) is 13.2 Å². The Labute approximate surface area is 166 Å².